The van der Waals surface area contributed by atoms with E-state index in [0.29, 0.717) is 6.61 Å². The molecule has 0 fully saturated rings. The first kappa shape index (κ1) is 15.5. The molecule has 1 aromatic heterocycles. The summed E-state index contributed by atoms with van der Waals surface area (Å²) >= 11 is 0. The highest BCUT2D eigenvalue weighted by Crippen LogP contribution is 2.23. The fraction of sp³-hybridized carbons (Fsp3) is 0.130. The summed E-state index contributed by atoms with van der Waals surface area (Å²) in [4.78, 5) is 0. The Bertz CT molecular complexity index is 942. The van der Waals surface area contributed by atoms with Crippen molar-refractivity contribution in [3.63, 3.8) is 0 Å². The monoisotopic (exact) mass is 327 g/mol. The molecule has 0 amide bonds. The van der Waals surface area contributed by atoms with Crippen molar-refractivity contribution in [2.24, 2.45) is 0 Å². The molecule has 2 heteroatoms. The number of hydrogen-bond donors (Lipinski definition) is 0. The van der Waals surface area contributed by atoms with Gasteiger partial charge in [-0.15, -0.1) is 0 Å². The molecule has 0 saturated carbocycles. The normalized spacial score (nSPS) is 10.9. The number of rotatable bonds is 6. The molecule has 0 N–H and O–H groups in total. The molecule has 0 bridgehead atoms. The third kappa shape index (κ3) is 3.74. The summed E-state index contributed by atoms with van der Waals surface area (Å²) in [6.45, 7) is 1.58. The SMILES string of the molecule is c1ccc(CCn2ccc3cc(OCc4ccccc4)ccc32)cc1. The first-order valence-electron chi connectivity index (χ1n) is 8.68. The van der Waals surface area contributed by atoms with E-state index in [-0.39, 0.29) is 0 Å². The first-order valence-corrected chi connectivity index (χ1v) is 8.68. The van der Waals surface area contributed by atoms with Crippen LogP contribution < -0.4 is 4.74 Å². The zero-order valence-corrected chi connectivity index (χ0v) is 14.1. The van der Waals surface area contributed by atoms with Gasteiger partial charge in [-0.1, -0.05) is 60.7 Å². The summed E-state index contributed by atoms with van der Waals surface area (Å²) in [6, 6.07) is 29.4. The van der Waals surface area contributed by atoms with Crippen LogP contribution in [0, 0.1) is 0 Å². The van der Waals surface area contributed by atoms with Gasteiger partial charge < -0.3 is 9.30 Å². The molecule has 2 nitrogen and oxygen atoms in total. The minimum Gasteiger partial charge on any atom is -0.489 e. The molecule has 1 heterocycles. The summed E-state index contributed by atoms with van der Waals surface area (Å²) in [5, 5.41) is 1.22. The van der Waals surface area contributed by atoms with Crippen LogP contribution in [0.15, 0.2) is 91.1 Å². The number of nitrogens with zero attached hydrogens (tertiary/aromatic N) is 1. The quantitative estimate of drug-likeness (QED) is 0.458. The fourth-order valence-electron chi connectivity index (χ4n) is 3.10. The molecule has 0 spiro atoms. The number of aromatic nitrogens is 1. The summed E-state index contributed by atoms with van der Waals surface area (Å²) in [7, 11) is 0. The Balaban J connectivity index is 1.45. The second-order valence-corrected chi connectivity index (χ2v) is 6.24. The molecule has 0 saturated heterocycles. The summed E-state index contributed by atoms with van der Waals surface area (Å²) in [6.07, 6.45) is 3.20. The van der Waals surface area contributed by atoms with Crippen molar-refractivity contribution in [1.29, 1.82) is 0 Å². The topological polar surface area (TPSA) is 14.2 Å². The van der Waals surface area contributed by atoms with Gasteiger partial charge in [-0.25, -0.2) is 0 Å². The Morgan fingerprint density at radius 3 is 2.20 bits per heavy atom. The Morgan fingerprint density at radius 1 is 0.720 bits per heavy atom. The van der Waals surface area contributed by atoms with Crippen molar-refractivity contribution in [2.45, 2.75) is 19.6 Å². The highest BCUT2D eigenvalue weighted by atomic mass is 16.5. The van der Waals surface area contributed by atoms with E-state index >= 15 is 0 Å². The van der Waals surface area contributed by atoms with Gasteiger partial charge in [0.2, 0.25) is 0 Å². The molecule has 0 atom stereocenters. The third-order valence-corrected chi connectivity index (χ3v) is 4.47. The predicted octanol–water partition coefficient (Wildman–Crippen LogP) is 5.46. The van der Waals surface area contributed by atoms with Crippen molar-refractivity contribution >= 4 is 10.9 Å². The van der Waals surface area contributed by atoms with E-state index in [4.69, 9.17) is 4.74 Å². The Kier molecular flexibility index (Phi) is 4.51. The highest BCUT2D eigenvalue weighted by Gasteiger charge is 2.04. The van der Waals surface area contributed by atoms with E-state index < -0.39 is 0 Å². The minimum absolute atomic E-state index is 0.598. The number of aryl methyl sites for hydroxylation is 2. The van der Waals surface area contributed by atoms with Gasteiger partial charge in [0, 0.05) is 23.6 Å². The van der Waals surface area contributed by atoms with Crippen molar-refractivity contribution in [3.05, 3.63) is 102 Å². The van der Waals surface area contributed by atoms with Crippen molar-refractivity contribution < 1.29 is 4.74 Å². The molecule has 0 radical (unpaired) electrons. The summed E-state index contributed by atoms with van der Waals surface area (Å²) in [5.74, 6) is 0.914. The molecular formula is C23H21NO. The van der Waals surface area contributed by atoms with E-state index in [1.165, 1.54) is 22.0 Å². The maximum atomic E-state index is 5.93. The maximum absolute atomic E-state index is 5.93. The van der Waals surface area contributed by atoms with Crippen LogP contribution >= 0.6 is 0 Å². The minimum atomic E-state index is 0.598. The van der Waals surface area contributed by atoms with Gasteiger partial charge in [0.05, 0.1) is 0 Å². The van der Waals surface area contributed by atoms with E-state index in [9.17, 15) is 0 Å². The van der Waals surface area contributed by atoms with Gasteiger partial charge in [-0.3, -0.25) is 0 Å². The number of ether oxygens (including phenoxy) is 1. The van der Waals surface area contributed by atoms with E-state index in [1.807, 2.05) is 18.2 Å². The fourth-order valence-corrected chi connectivity index (χ4v) is 3.10. The molecule has 3 aromatic carbocycles. The number of benzene rings is 3. The van der Waals surface area contributed by atoms with Crippen LogP contribution in [-0.2, 0) is 19.6 Å². The lowest BCUT2D eigenvalue weighted by atomic mass is 10.1. The summed E-state index contributed by atoms with van der Waals surface area (Å²) in [5.41, 5.74) is 3.80. The van der Waals surface area contributed by atoms with Crippen molar-refractivity contribution in [2.75, 3.05) is 0 Å². The molecule has 0 unspecified atom stereocenters. The number of hydrogen-bond acceptors (Lipinski definition) is 1. The first-order chi connectivity index (χ1) is 12.4. The van der Waals surface area contributed by atoms with Crippen LogP contribution in [0.25, 0.3) is 10.9 Å². The van der Waals surface area contributed by atoms with Crippen molar-refractivity contribution in [1.82, 2.24) is 4.57 Å². The van der Waals surface area contributed by atoms with E-state index in [2.05, 4.69) is 77.5 Å². The Hall–Kier alpha value is -3.00. The molecule has 0 aliphatic rings. The number of fused-ring (bicyclic) bond motifs is 1. The van der Waals surface area contributed by atoms with Gasteiger partial charge in [-0.05, 0) is 41.8 Å². The second kappa shape index (κ2) is 7.27. The second-order valence-electron chi connectivity index (χ2n) is 6.24. The largest absolute Gasteiger partial charge is 0.489 e. The lowest BCUT2D eigenvalue weighted by Crippen LogP contribution is -1.99. The van der Waals surface area contributed by atoms with Gasteiger partial charge in [0.25, 0.3) is 0 Å². The van der Waals surface area contributed by atoms with Gasteiger partial charge >= 0.3 is 0 Å². The van der Waals surface area contributed by atoms with Crippen LogP contribution in [0.5, 0.6) is 5.75 Å². The predicted molar refractivity (Wildman–Crippen MR) is 103 cm³/mol. The highest BCUT2D eigenvalue weighted by molar-refractivity contribution is 5.81. The van der Waals surface area contributed by atoms with Crippen LogP contribution in [0.3, 0.4) is 0 Å². The molecule has 124 valence electrons. The standard InChI is InChI=1S/C23H21NO/c1-3-7-19(8-4-1)13-15-24-16-14-21-17-22(11-12-23(21)24)25-18-20-9-5-2-6-10-20/h1-12,14,16-17H,13,15,18H2. The zero-order valence-electron chi connectivity index (χ0n) is 14.1. The Labute approximate surface area is 148 Å². The average molecular weight is 327 g/mol. The van der Waals surface area contributed by atoms with Crippen LogP contribution in [-0.4, -0.2) is 4.57 Å². The molecular weight excluding hydrogens is 306 g/mol. The van der Waals surface area contributed by atoms with Gasteiger partial charge in [0.1, 0.15) is 12.4 Å². The van der Waals surface area contributed by atoms with Crippen LogP contribution in [0.2, 0.25) is 0 Å². The molecule has 4 rings (SSSR count). The van der Waals surface area contributed by atoms with Crippen LogP contribution in [0.1, 0.15) is 11.1 Å². The maximum Gasteiger partial charge on any atom is 0.120 e. The third-order valence-electron chi connectivity index (χ3n) is 4.47. The van der Waals surface area contributed by atoms with E-state index in [1.54, 1.807) is 0 Å². The molecule has 25 heavy (non-hydrogen) atoms. The van der Waals surface area contributed by atoms with Gasteiger partial charge in [0.15, 0.2) is 0 Å². The van der Waals surface area contributed by atoms with Crippen molar-refractivity contribution in [3.8, 4) is 5.75 Å². The zero-order chi connectivity index (χ0) is 16.9. The molecule has 0 aliphatic heterocycles. The molecule has 0 aliphatic carbocycles. The molecule has 4 aromatic rings. The lowest BCUT2D eigenvalue weighted by Gasteiger charge is -2.08. The van der Waals surface area contributed by atoms with E-state index in [0.717, 1.165) is 18.7 Å². The Morgan fingerprint density at radius 2 is 1.44 bits per heavy atom. The smallest absolute Gasteiger partial charge is 0.120 e. The lowest BCUT2D eigenvalue weighted by molar-refractivity contribution is 0.306. The van der Waals surface area contributed by atoms with Crippen LogP contribution in [0.4, 0.5) is 0 Å². The summed E-state index contributed by atoms with van der Waals surface area (Å²) < 4.78 is 8.24. The average Bonchev–Trinajstić information content (AvgIpc) is 3.09. The van der Waals surface area contributed by atoms with Gasteiger partial charge in [-0.2, -0.15) is 0 Å².